The number of nitrogens with zero attached hydrogens (tertiary/aromatic N) is 2. The van der Waals surface area contributed by atoms with E-state index in [1.807, 2.05) is 25.3 Å². The van der Waals surface area contributed by atoms with E-state index >= 15 is 0 Å². The topological polar surface area (TPSA) is 42.3 Å². The van der Waals surface area contributed by atoms with E-state index < -0.39 is 10.0 Å². The minimum absolute atomic E-state index is 0.308. The number of hydrogen-bond acceptors (Lipinski definition) is 2. The predicted octanol–water partition coefficient (Wildman–Crippen LogP) is 3.23. The summed E-state index contributed by atoms with van der Waals surface area (Å²) >= 11 is 5.94. The summed E-state index contributed by atoms with van der Waals surface area (Å²) in [6.45, 7) is 6.96. The highest BCUT2D eigenvalue weighted by Crippen LogP contribution is 2.38. The van der Waals surface area contributed by atoms with Gasteiger partial charge in [-0.15, -0.1) is 11.6 Å². The van der Waals surface area contributed by atoms with E-state index in [1.165, 1.54) is 0 Å². The molecule has 0 unspecified atom stereocenters. The number of aromatic nitrogens is 1. The van der Waals surface area contributed by atoms with Gasteiger partial charge in [-0.2, -0.15) is 4.31 Å². The molecular weight excluding hydrogens is 296 g/mol. The highest BCUT2D eigenvalue weighted by Gasteiger charge is 2.30. The van der Waals surface area contributed by atoms with Crippen molar-refractivity contribution in [2.45, 2.75) is 50.4 Å². The lowest BCUT2D eigenvalue weighted by molar-refractivity contribution is 0.381. The monoisotopic (exact) mass is 318 g/mol. The second kappa shape index (κ2) is 6.08. The lowest BCUT2D eigenvalue weighted by Crippen LogP contribution is -2.33. The number of halogens is 1. The molecule has 0 atom stereocenters. The fourth-order valence-electron chi connectivity index (χ4n) is 2.39. The molecule has 1 heterocycles. The molecule has 1 saturated carbocycles. The SMILES string of the molecule is CCN(CC(C)C)S(=O)(=O)c1cc(CCl)n(C2CC2)c1. The lowest BCUT2D eigenvalue weighted by Gasteiger charge is -2.21. The molecule has 0 amide bonds. The summed E-state index contributed by atoms with van der Waals surface area (Å²) in [6.07, 6.45) is 3.98. The Labute approximate surface area is 126 Å². The van der Waals surface area contributed by atoms with Gasteiger partial charge in [0.15, 0.2) is 0 Å². The Bertz CT molecular complexity index is 562. The largest absolute Gasteiger partial charge is 0.346 e. The molecule has 1 aliphatic rings. The summed E-state index contributed by atoms with van der Waals surface area (Å²) < 4.78 is 29.0. The van der Waals surface area contributed by atoms with Gasteiger partial charge < -0.3 is 4.57 Å². The maximum absolute atomic E-state index is 12.7. The molecule has 0 spiro atoms. The average molecular weight is 319 g/mol. The van der Waals surface area contributed by atoms with Gasteiger partial charge in [0.1, 0.15) is 4.90 Å². The van der Waals surface area contributed by atoms with E-state index in [4.69, 9.17) is 11.6 Å². The summed E-state index contributed by atoms with van der Waals surface area (Å²) in [7, 11) is -3.41. The molecule has 2 rings (SSSR count). The number of rotatable bonds is 7. The molecule has 0 bridgehead atoms. The molecule has 1 fully saturated rings. The van der Waals surface area contributed by atoms with Crippen LogP contribution in [0.3, 0.4) is 0 Å². The molecule has 0 radical (unpaired) electrons. The summed E-state index contributed by atoms with van der Waals surface area (Å²) in [5, 5.41) is 0. The van der Waals surface area contributed by atoms with Crippen LogP contribution in [0.1, 0.15) is 45.3 Å². The van der Waals surface area contributed by atoms with E-state index in [0.29, 0.717) is 35.8 Å². The van der Waals surface area contributed by atoms with Crippen molar-refractivity contribution in [3.8, 4) is 0 Å². The minimum Gasteiger partial charge on any atom is -0.346 e. The molecule has 1 aromatic heterocycles. The Morgan fingerprint density at radius 2 is 2.10 bits per heavy atom. The van der Waals surface area contributed by atoms with Crippen molar-refractivity contribution in [1.29, 1.82) is 0 Å². The third kappa shape index (κ3) is 3.21. The Morgan fingerprint density at radius 1 is 1.45 bits per heavy atom. The van der Waals surface area contributed by atoms with Gasteiger partial charge in [0.2, 0.25) is 10.0 Å². The van der Waals surface area contributed by atoms with E-state index in [0.717, 1.165) is 18.5 Å². The van der Waals surface area contributed by atoms with Gasteiger partial charge in [0, 0.05) is 31.0 Å². The van der Waals surface area contributed by atoms with Crippen molar-refractivity contribution >= 4 is 21.6 Å². The van der Waals surface area contributed by atoms with Crippen LogP contribution < -0.4 is 0 Å². The third-order valence-corrected chi connectivity index (χ3v) is 5.72. The van der Waals surface area contributed by atoms with E-state index in [9.17, 15) is 8.42 Å². The molecule has 0 saturated heterocycles. The van der Waals surface area contributed by atoms with Gasteiger partial charge in [-0.25, -0.2) is 8.42 Å². The summed E-state index contributed by atoms with van der Waals surface area (Å²) in [6, 6.07) is 2.16. The van der Waals surface area contributed by atoms with Crippen molar-refractivity contribution in [3.63, 3.8) is 0 Å². The van der Waals surface area contributed by atoms with Crippen LogP contribution in [0.4, 0.5) is 0 Å². The summed E-state index contributed by atoms with van der Waals surface area (Å²) in [5.41, 5.74) is 0.897. The van der Waals surface area contributed by atoms with Gasteiger partial charge in [-0.1, -0.05) is 20.8 Å². The van der Waals surface area contributed by atoms with Crippen molar-refractivity contribution in [2.75, 3.05) is 13.1 Å². The molecule has 4 nitrogen and oxygen atoms in total. The maximum atomic E-state index is 12.7. The molecule has 1 aliphatic carbocycles. The first-order chi connectivity index (χ1) is 9.40. The second-order valence-electron chi connectivity index (χ2n) is 5.79. The van der Waals surface area contributed by atoms with Gasteiger partial charge in [0.05, 0.1) is 5.88 Å². The first kappa shape index (κ1) is 15.9. The van der Waals surface area contributed by atoms with Crippen LogP contribution in [0.25, 0.3) is 0 Å². The highest BCUT2D eigenvalue weighted by molar-refractivity contribution is 7.89. The molecule has 6 heteroatoms. The van der Waals surface area contributed by atoms with Crippen molar-refractivity contribution < 1.29 is 8.42 Å². The highest BCUT2D eigenvalue weighted by atomic mass is 35.5. The van der Waals surface area contributed by atoms with Gasteiger partial charge in [-0.05, 0) is 24.8 Å². The van der Waals surface area contributed by atoms with Crippen LogP contribution in [-0.2, 0) is 15.9 Å². The first-order valence-corrected chi connectivity index (χ1v) is 9.14. The Hall–Kier alpha value is -0.520. The van der Waals surface area contributed by atoms with Crippen molar-refractivity contribution in [2.24, 2.45) is 5.92 Å². The molecule has 1 aromatic rings. The van der Waals surface area contributed by atoms with Crippen LogP contribution in [0, 0.1) is 5.92 Å². The minimum atomic E-state index is -3.41. The van der Waals surface area contributed by atoms with Crippen LogP contribution in [0.15, 0.2) is 17.2 Å². The second-order valence-corrected chi connectivity index (χ2v) is 7.99. The zero-order valence-corrected chi connectivity index (χ0v) is 13.9. The lowest BCUT2D eigenvalue weighted by atomic mass is 10.2. The molecule has 20 heavy (non-hydrogen) atoms. The Kier molecular flexibility index (Phi) is 4.82. The smallest absolute Gasteiger partial charge is 0.244 e. The standard InChI is InChI=1S/C14H23ClN2O2S/c1-4-16(9-11(2)3)20(18,19)14-7-13(8-15)17(10-14)12-5-6-12/h7,10-12H,4-6,8-9H2,1-3H3. The zero-order chi connectivity index (χ0) is 14.9. The first-order valence-electron chi connectivity index (χ1n) is 7.17. The molecule has 0 aromatic carbocycles. The molecule has 0 aliphatic heterocycles. The normalized spacial score (nSPS) is 16.3. The fraction of sp³-hybridized carbons (Fsp3) is 0.714. The maximum Gasteiger partial charge on any atom is 0.244 e. The summed E-state index contributed by atoms with van der Waals surface area (Å²) in [5.74, 6) is 0.658. The van der Waals surface area contributed by atoms with Crippen LogP contribution in [0.2, 0.25) is 0 Å². The van der Waals surface area contributed by atoms with Gasteiger partial charge in [0.25, 0.3) is 0 Å². The van der Waals surface area contributed by atoms with Crippen LogP contribution in [-0.4, -0.2) is 30.4 Å². The number of hydrogen-bond donors (Lipinski definition) is 0. The Balaban J connectivity index is 2.32. The fourth-order valence-corrected chi connectivity index (χ4v) is 4.27. The van der Waals surface area contributed by atoms with Crippen LogP contribution >= 0.6 is 11.6 Å². The number of sulfonamides is 1. The quantitative estimate of drug-likeness (QED) is 0.724. The zero-order valence-electron chi connectivity index (χ0n) is 12.3. The predicted molar refractivity (Wildman–Crippen MR) is 81.5 cm³/mol. The third-order valence-electron chi connectivity index (χ3n) is 3.54. The Morgan fingerprint density at radius 3 is 2.55 bits per heavy atom. The molecular formula is C14H23ClN2O2S. The van der Waals surface area contributed by atoms with E-state index in [2.05, 4.69) is 0 Å². The van der Waals surface area contributed by atoms with Crippen LogP contribution in [0.5, 0.6) is 0 Å². The summed E-state index contributed by atoms with van der Waals surface area (Å²) in [4.78, 5) is 0.377. The number of alkyl halides is 1. The van der Waals surface area contributed by atoms with Gasteiger partial charge in [-0.3, -0.25) is 0 Å². The average Bonchev–Trinajstić information content (AvgIpc) is 3.14. The van der Waals surface area contributed by atoms with E-state index in [1.54, 1.807) is 16.6 Å². The van der Waals surface area contributed by atoms with Gasteiger partial charge >= 0.3 is 0 Å². The molecule has 0 N–H and O–H groups in total. The van der Waals surface area contributed by atoms with Crippen molar-refractivity contribution in [3.05, 3.63) is 18.0 Å². The molecule has 114 valence electrons. The van der Waals surface area contributed by atoms with E-state index in [-0.39, 0.29) is 0 Å². The van der Waals surface area contributed by atoms with Crippen molar-refractivity contribution in [1.82, 2.24) is 8.87 Å².